The van der Waals surface area contributed by atoms with Crippen LogP contribution in [0.1, 0.15) is 36.9 Å². The molecule has 1 amide bonds. The molecule has 0 aliphatic heterocycles. The molecule has 5 nitrogen and oxygen atoms in total. The van der Waals surface area contributed by atoms with E-state index in [2.05, 4.69) is 5.32 Å². The molecule has 0 unspecified atom stereocenters. The van der Waals surface area contributed by atoms with E-state index in [0.717, 1.165) is 16.5 Å². The van der Waals surface area contributed by atoms with Gasteiger partial charge in [0.25, 0.3) is 5.91 Å². The zero-order valence-corrected chi connectivity index (χ0v) is 15.4. The van der Waals surface area contributed by atoms with Crippen molar-refractivity contribution in [3.63, 3.8) is 0 Å². The second kappa shape index (κ2) is 6.88. The lowest BCUT2D eigenvalue weighted by Crippen LogP contribution is -2.31. The Morgan fingerprint density at radius 1 is 1.30 bits per heavy atom. The van der Waals surface area contributed by atoms with Gasteiger partial charge in [-0.2, -0.15) is 0 Å². The average Bonchev–Trinajstić information content (AvgIpc) is 2.89. The second-order valence-electron chi connectivity index (χ2n) is 5.54. The van der Waals surface area contributed by atoms with Crippen LogP contribution in [0.4, 0.5) is 5.69 Å². The summed E-state index contributed by atoms with van der Waals surface area (Å²) in [7, 11) is -3.31. The third-order valence-corrected chi connectivity index (χ3v) is 6.07. The van der Waals surface area contributed by atoms with Crippen molar-refractivity contribution in [1.82, 2.24) is 5.32 Å². The van der Waals surface area contributed by atoms with Crippen molar-refractivity contribution in [3.05, 3.63) is 29.1 Å². The number of carbonyl (C=O) groups is 1. The molecular formula is C16H22N2O3S2. The molecule has 0 aliphatic carbocycles. The van der Waals surface area contributed by atoms with Crippen LogP contribution in [0, 0.1) is 0 Å². The first-order valence-electron chi connectivity index (χ1n) is 7.58. The smallest absolute Gasteiger partial charge is 0.261 e. The second-order valence-corrected chi connectivity index (χ2v) is 8.53. The highest BCUT2D eigenvalue weighted by Gasteiger charge is 2.17. The molecule has 0 aliphatic rings. The van der Waals surface area contributed by atoms with Gasteiger partial charge in [0.15, 0.2) is 0 Å². The van der Waals surface area contributed by atoms with Gasteiger partial charge in [-0.15, -0.1) is 11.3 Å². The summed E-state index contributed by atoms with van der Waals surface area (Å²) >= 11 is 1.41. The summed E-state index contributed by atoms with van der Waals surface area (Å²) in [6, 6.07) is 7.40. The van der Waals surface area contributed by atoms with E-state index < -0.39 is 10.0 Å². The molecule has 1 N–H and O–H groups in total. The van der Waals surface area contributed by atoms with Gasteiger partial charge in [0.05, 0.1) is 16.8 Å². The van der Waals surface area contributed by atoms with Crippen LogP contribution in [0.15, 0.2) is 24.3 Å². The third-order valence-electron chi connectivity index (χ3n) is 3.69. The highest BCUT2D eigenvalue weighted by Crippen LogP contribution is 2.30. The van der Waals surface area contributed by atoms with Gasteiger partial charge in [-0.3, -0.25) is 9.10 Å². The number of hydrogen-bond acceptors (Lipinski definition) is 4. The molecule has 0 saturated carbocycles. The van der Waals surface area contributed by atoms with E-state index in [9.17, 15) is 13.2 Å². The van der Waals surface area contributed by atoms with Crippen LogP contribution in [-0.2, 0) is 10.0 Å². The van der Waals surface area contributed by atoms with Gasteiger partial charge in [0.2, 0.25) is 10.0 Å². The highest BCUT2D eigenvalue weighted by molar-refractivity contribution is 7.92. The number of benzene rings is 1. The van der Waals surface area contributed by atoms with Crippen LogP contribution >= 0.6 is 11.3 Å². The summed E-state index contributed by atoms with van der Waals surface area (Å²) in [4.78, 5) is 12.8. The molecular weight excluding hydrogens is 332 g/mol. The molecule has 0 saturated heterocycles. The highest BCUT2D eigenvalue weighted by atomic mass is 32.2. The zero-order chi connectivity index (χ0) is 17.2. The van der Waals surface area contributed by atoms with Gasteiger partial charge < -0.3 is 5.32 Å². The molecule has 1 heterocycles. The molecule has 126 valence electrons. The van der Waals surface area contributed by atoms with Crippen molar-refractivity contribution in [3.8, 4) is 0 Å². The number of nitrogens with zero attached hydrogens (tertiary/aromatic N) is 1. The first-order chi connectivity index (χ1) is 10.8. The van der Waals surface area contributed by atoms with E-state index in [0.29, 0.717) is 17.1 Å². The third kappa shape index (κ3) is 4.03. The van der Waals surface area contributed by atoms with Crippen LogP contribution in [0.2, 0.25) is 0 Å². The standard InChI is InChI=1S/C16H22N2O3S2/c1-5-11(3)17-16(19)15-10-12-9-13(7-8-14(12)22-15)18(6-2)23(4,20)21/h7-11H,5-6H2,1-4H3,(H,17,19)/t11-/m1/s1. The Hall–Kier alpha value is -1.60. The van der Waals surface area contributed by atoms with Gasteiger partial charge in [-0.05, 0) is 49.9 Å². The average molecular weight is 354 g/mol. The van der Waals surface area contributed by atoms with E-state index in [-0.39, 0.29) is 11.9 Å². The summed E-state index contributed by atoms with van der Waals surface area (Å²) in [5.74, 6) is -0.0856. The quantitative estimate of drug-likeness (QED) is 0.866. The molecule has 1 aromatic heterocycles. The number of nitrogens with one attached hydrogen (secondary N) is 1. The molecule has 0 spiro atoms. The molecule has 0 fully saturated rings. The van der Waals surface area contributed by atoms with E-state index in [1.165, 1.54) is 21.9 Å². The largest absolute Gasteiger partial charge is 0.349 e. The van der Waals surface area contributed by atoms with E-state index in [1.54, 1.807) is 13.0 Å². The molecule has 2 aromatic rings. The van der Waals surface area contributed by atoms with E-state index >= 15 is 0 Å². The van der Waals surface area contributed by atoms with Gasteiger partial charge in [-0.1, -0.05) is 6.92 Å². The number of thiophene rings is 1. The number of amides is 1. The van der Waals surface area contributed by atoms with Gasteiger partial charge in [0, 0.05) is 17.3 Å². The fourth-order valence-corrected chi connectivity index (χ4v) is 4.22. The van der Waals surface area contributed by atoms with Gasteiger partial charge >= 0.3 is 0 Å². The number of sulfonamides is 1. The van der Waals surface area contributed by atoms with Crippen molar-refractivity contribution in [1.29, 1.82) is 0 Å². The molecule has 7 heteroatoms. The first-order valence-corrected chi connectivity index (χ1v) is 10.2. The van der Waals surface area contributed by atoms with Crippen LogP contribution in [0.5, 0.6) is 0 Å². The molecule has 0 radical (unpaired) electrons. The summed E-state index contributed by atoms with van der Waals surface area (Å²) in [5, 5.41) is 3.82. The Labute approximate surface area is 141 Å². The van der Waals surface area contributed by atoms with Crippen LogP contribution in [0.25, 0.3) is 10.1 Å². The maximum Gasteiger partial charge on any atom is 0.261 e. The Morgan fingerprint density at radius 2 is 2.00 bits per heavy atom. The Morgan fingerprint density at radius 3 is 2.57 bits per heavy atom. The summed E-state index contributed by atoms with van der Waals surface area (Å²) in [6.07, 6.45) is 2.07. The van der Waals surface area contributed by atoms with Crippen molar-refractivity contribution in [2.24, 2.45) is 0 Å². The monoisotopic (exact) mass is 354 g/mol. The topological polar surface area (TPSA) is 66.5 Å². The number of hydrogen-bond donors (Lipinski definition) is 1. The van der Waals surface area contributed by atoms with Crippen molar-refractivity contribution < 1.29 is 13.2 Å². The van der Waals surface area contributed by atoms with Crippen LogP contribution in [0.3, 0.4) is 0 Å². The fraction of sp³-hybridized carbons (Fsp3) is 0.438. The SMILES string of the molecule is CC[C@@H](C)NC(=O)c1cc2cc(N(CC)S(C)(=O)=O)ccc2s1. The lowest BCUT2D eigenvalue weighted by atomic mass is 10.2. The molecule has 1 atom stereocenters. The lowest BCUT2D eigenvalue weighted by Gasteiger charge is -2.20. The lowest BCUT2D eigenvalue weighted by molar-refractivity contribution is 0.0943. The number of rotatable bonds is 6. The summed E-state index contributed by atoms with van der Waals surface area (Å²) < 4.78 is 26.0. The molecule has 0 bridgehead atoms. The predicted octanol–water partition coefficient (Wildman–Crippen LogP) is 3.22. The van der Waals surface area contributed by atoms with Gasteiger partial charge in [0.1, 0.15) is 0 Å². The van der Waals surface area contributed by atoms with E-state index in [4.69, 9.17) is 0 Å². The number of fused-ring (bicyclic) bond motifs is 1. The number of carbonyl (C=O) groups excluding carboxylic acids is 1. The van der Waals surface area contributed by atoms with Crippen LogP contribution < -0.4 is 9.62 Å². The van der Waals surface area contributed by atoms with Crippen LogP contribution in [-0.4, -0.2) is 33.2 Å². The molecule has 1 aromatic carbocycles. The minimum atomic E-state index is -3.31. The zero-order valence-electron chi connectivity index (χ0n) is 13.8. The maximum atomic E-state index is 12.2. The minimum absolute atomic E-state index is 0.0856. The minimum Gasteiger partial charge on any atom is -0.349 e. The van der Waals surface area contributed by atoms with Crippen molar-refractivity contribution in [2.45, 2.75) is 33.2 Å². The molecule has 23 heavy (non-hydrogen) atoms. The Balaban J connectivity index is 2.36. The fourth-order valence-electron chi connectivity index (χ4n) is 2.30. The van der Waals surface area contributed by atoms with E-state index in [1.807, 2.05) is 32.0 Å². The van der Waals surface area contributed by atoms with Gasteiger partial charge in [-0.25, -0.2) is 8.42 Å². The number of anilines is 1. The normalized spacial score (nSPS) is 13.0. The first kappa shape index (κ1) is 17.7. The molecule has 2 rings (SSSR count). The van der Waals surface area contributed by atoms with Crippen molar-refractivity contribution >= 4 is 43.0 Å². The summed E-state index contributed by atoms with van der Waals surface area (Å²) in [6.45, 7) is 6.15. The maximum absolute atomic E-state index is 12.2. The Bertz CT molecular complexity index is 812. The van der Waals surface area contributed by atoms with Crippen molar-refractivity contribution in [2.75, 3.05) is 17.1 Å². The Kier molecular flexibility index (Phi) is 5.31. The predicted molar refractivity (Wildman–Crippen MR) is 96.9 cm³/mol. The summed E-state index contributed by atoms with van der Waals surface area (Å²) in [5.41, 5.74) is 0.620.